The molecule has 1 heterocycles. The lowest BCUT2D eigenvalue weighted by molar-refractivity contribution is 0.0954. The van der Waals surface area contributed by atoms with Crippen molar-refractivity contribution in [3.8, 4) is 0 Å². The van der Waals surface area contributed by atoms with Crippen molar-refractivity contribution < 1.29 is 9.18 Å². The highest BCUT2D eigenvalue weighted by Crippen LogP contribution is 2.13. The van der Waals surface area contributed by atoms with E-state index in [9.17, 15) is 9.18 Å². The standard InChI is InChI=1S/C15H12FN3OS/c16-12-4-1-10(2-5-12)7-8-17-15(20)11-3-6-13-14(9-11)19-21-18-13/h1-6,9H,7-8H2,(H,17,20). The van der Waals surface area contributed by atoms with Gasteiger partial charge in [0.25, 0.3) is 5.91 Å². The summed E-state index contributed by atoms with van der Waals surface area (Å²) < 4.78 is 21.0. The number of fused-ring (bicyclic) bond motifs is 1. The quantitative estimate of drug-likeness (QED) is 0.806. The summed E-state index contributed by atoms with van der Waals surface area (Å²) in [4.78, 5) is 12.0. The first-order valence-electron chi connectivity index (χ1n) is 6.47. The zero-order valence-corrected chi connectivity index (χ0v) is 11.9. The highest BCUT2D eigenvalue weighted by Gasteiger charge is 2.07. The first-order chi connectivity index (χ1) is 10.2. The number of halogens is 1. The van der Waals surface area contributed by atoms with Crippen LogP contribution in [0.1, 0.15) is 15.9 Å². The summed E-state index contributed by atoms with van der Waals surface area (Å²) in [6, 6.07) is 11.5. The second-order valence-electron chi connectivity index (χ2n) is 4.60. The Bertz CT molecular complexity index is 770. The van der Waals surface area contributed by atoms with Gasteiger partial charge in [0.05, 0.1) is 11.7 Å². The number of nitrogens with zero attached hydrogens (tertiary/aromatic N) is 2. The van der Waals surface area contributed by atoms with E-state index in [0.717, 1.165) is 28.3 Å². The average Bonchev–Trinajstić information content (AvgIpc) is 2.96. The number of rotatable bonds is 4. The van der Waals surface area contributed by atoms with Crippen LogP contribution in [0, 0.1) is 5.82 Å². The Kier molecular flexibility index (Phi) is 3.87. The van der Waals surface area contributed by atoms with E-state index in [4.69, 9.17) is 0 Å². The van der Waals surface area contributed by atoms with Crippen LogP contribution in [-0.2, 0) is 6.42 Å². The molecule has 1 amide bonds. The van der Waals surface area contributed by atoms with E-state index in [2.05, 4.69) is 14.1 Å². The fourth-order valence-corrected chi connectivity index (χ4v) is 2.51. The fraction of sp³-hybridized carbons (Fsp3) is 0.133. The topological polar surface area (TPSA) is 54.9 Å². The van der Waals surface area contributed by atoms with Crippen molar-refractivity contribution in [2.75, 3.05) is 6.54 Å². The predicted octanol–water partition coefficient (Wildman–Crippen LogP) is 2.80. The monoisotopic (exact) mass is 301 g/mol. The van der Waals surface area contributed by atoms with Crippen molar-refractivity contribution in [1.82, 2.24) is 14.1 Å². The van der Waals surface area contributed by atoms with Crippen molar-refractivity contribution in [2.24, 2.45) is 0 Å². The summed E-state index contributed by atoms with van der Waals surface area (Å²) in [5.74, 6) is -0.403. The molecule has 3 rings (SSSR count). The fourth-order valence-electron chi connectivity index (χ4n) is 2.00. The minimum absolute atomic E-state index is 0.146. The summed E-state index contributed by atoms with van der Waals surface area (Å²) >= 11 is 1.13. The summed E-state index contributed by atoms with van der Waals surface area (Å²) in [5.41, 5.74) is 3.07. The van der Waals surface area contributed by atoms with Crippen molar-refractivity contribution in [1.29, 1.82) is 0 Å². The van der Waals surface area contributed by atoms with E-state index < -0.39 is 0 Å². The van der Waals surface area contributed by atoms with Gasteiger partial charge >= 0.3 is 0 Å². The molecule has 0 aliphatic carbocycles. The second-order valence-corrected chi connectivity index (χ2v) is 5.13. The van der Waals surface area contributed by atoms with Gasteiger partial charge in [-0.3, -0.25) is 4.79 Å². The van der Waals surface area contributed by atoms with Gasteiger partial charge < -0.3 is 5.32 Å². The van der Waals surface area contributed by atoms with E-state index in [1.165, 1.54) is 12.1 Å². The third kappa shape index (κ3) is 3.22. The summed E-state index contributed by atoms with van der Waals surface area (Å²) in [6.07, 6.45) is 0.659. The molecule has 0 atom stereocenters. The van der Waals surface area contributed by atoms with Crippen molar-refractivity contribution in [3.05, 3.63) is 59.4 Å². The largest absolute Gasteiger partial charge is 0.352 e. The highest BCUT2D eigenvalue weighted by atomic mass is 32.1. The molecule has 6 heteroatoms. The highest BCUT2D eigenvalue weighted by molar-refractivity contribution is 7.00. The minimum atomic E-state index is -0.257. The number of amides is 1. The number of benzene rings is 2. The smallest absolute Gasteiger partial charge is 0.251 e. The molecule has 0 fully saturated rings. The van der Waals surface area contributed by atoms with Gasteiger partial charge in [0.15, 0.2) is 0 Å². The second kappa shape index (κ2) is 5.97. The van der Waals surface area contributed by atoms with Crippen LogP contribution in [0.15, 0.2) is 42.5 Å². The van der Waals surface area contributed by atoms with Gasteiger partial charge in [-0.15, -0.1) is 0 Å². The summed E-state index contributed by atoms with van der Waals surface area (Å²) in [5, 5.41) is 2.84. The SMILES string of the molecule is O=C(NCCc1ccc(F)cc1)c1ccc2nsnc2c1. The molecule has 0 spiro atoms. The molecule has 1 aromatic heterocycles. The number of carbonyl (C=O) groups is 1. The van der Waals surface area contributed by atoms with Gasteiger partial charge in [-0.2, -0.15) is 8.75 Å². The van der Waals surface area contributed by atoms with Crippen LogP contribution in [0.4, 0.5) is 4.39 Å². The van der Waals surface area contributed by atoms with Crippen LogP contribution < -0.4 is 5.32 Å². The zero-order valence-electron chi connectivity index (χ0n) is 11.0. The van der Waals surface area contributed by atoms with Crippen molar-refractivity contribution in [3.63, 3.8) is 0 Å². The molecule has 2 aromatic carbocycles. The predicted molar refractivity (Wildman–Crippen MR) is 79.9 cm³/mol. The molecule has 0 bridgehead atoms. The Morgan fingerprint density at radius 2 is 1.86 bits per heavy atom. The maximum Gasteiger partial charge on any atom is 0.251 e. The van der Waals surface area contributed by atoms with Crippen LogP contribution in [-0.4, -0.2) is 21.2 Å². The van der Waals surface area contributed by atoms with Crippen molar-refractivity contribution >= 4 is 28.7 Å². The molecule has 21 heavy (non-hydrogen) atoms. The maximum absolute atomic E-state index is 12.8. The molecule has 0 aliphatic heterocycles. The summed E-state index contributed by atoms with van der Waals surface area (Å²) in [6.45, 7) is 0.498. The number of hydrogen-bond acceptors (Lipinski definition) is 4. The van der Waals surface area contributed by atoms with Crippen molar-refractivity contribution in [2.45, 2.75) is 6.42 Å². The zero-order chi connectivity index (χ0) is 14.7. The van der Waals surface area contributed by atoms with Crippen LogP contribution >= 0.6 is 11.7 Å². The van der Waals surface area contributed by atoms with Gasteiger partial charge in [0.1, 0.15) is 16.9 Å². The van der Waals surface area contributed by atoms with Crippen LogP contribution in [0.25, 0.3) is 11.0 Å². The maximum atomic E-state index is 12.8. The number of nitrogens with one attached hydrogen (secondary N) is 1. The van der Waals surface area contributed by atoms with E-state index in [-0.39, 0.29) is 11.7 Å². The first kappa shape index (κ1) is 13.6. The average molecular weight is 301 g/mol. The molecule has 0 unspecified atom stereocenters. The van der Waals surface area contributed by atoms with E-state index in [1.54, 1.807) is 30.3 Å². The first-order valence-corrected chi connectivity index (χ1v) is 7.20. The number of aromatic nitrogens is 2. The molecule has 3 aromatic rings. The molecule has 0 saturated carbocycles. The molecule has 0 saturated heterocycles. The Morgan fingerprint density at radius 3 is 2.67 bits per heavy atom. The van der Waals surface area contributed by atoms with Gasteiger partial charge in [-0.1, -0.05) is 12.1 Å². The third-order valence-corrected chi connectivity index (χ3v) is 3.69. The summed E-state index contributed by atoms with van der Waals surface area (Å²) in [7, 11) is 0. The molecular formula is C15H12FN3OS. The van der Waals surface area contributed by atoms with Crippen LogP contribution in [0.2, 0.25) is 0 Å². The van der Waals surface area contributed by atoms with E-state index in [1.807, 2.05) is 0 Å². The van der Waals surface area contributed by atoms with Gasteiger partial charge in [-0.05, 0) is 42.3 Å². The molecule has 106 valence electrons. The Morgan fingerprint density at radius 1 is 1.10 bits per heavy atom. The van der Waals surface area contributed by atoms with E-state index in [0.29, 0.717) is 18.5 Å². The Labute approximate surface area is 125 Å². The Hall–Kier alpha value is -2.34. The number of hydrogen-bond donors (Lipinski definition) is 1. The number of carbonyl (C=O) groups excluding carboxylic acids is 1. The van der Waals surface area contributed by atoms with Gasteiger partial charge in [0.2, 0.25) is 0 Å². The minimum Gasteiger partial charge on any atom is -0.352 e. The molecule has 0 radical (unpaired) electrons. The molecule has 0 aliphatic rings. The van der Waals surface area contributed by atoms with Crippen LogP contribution in [0.5, 0.6) is 0 Å². The molecule has 1 N–H and O–H groups in total. The Balaban J connectivity index is 1.59. The normalized spacial score (nSPS) is 10.7. The van der Waals surface area contributed by atoms with Gasteiger partial charge in [-0.25, -0.2) is 4.39 Å². The van der Waals surface area contributed by atoms with Crippen LogP contribution in [0.3, 0.4) is 0 Å². The lowest BCUT2D eigenvalue weighted by Crippen LogP contribution is -2.25. The van der Waals surface area contributed by atoms with E-state index >= 15 is 0 Å². The molecular weight excluding hydrogens is 289 g/mol. The third-order valence-electron chi connectivity index (χ3n) is 3.13. The lowest BCUT2D eigenvalue weighted by Gasteiger charge is -2.05. The lowest BCUT2D eigenvalue weighted by atomic mass is 10.1. The molecule has 4 nitrogen and oxygen atoms in total. The van der Waals surface area contributed by atoms with Gasteiger partial charge in [0, 0.05) is 12.1 Å².